The first-order valence-corrected chi connectivity index (χ1v) is 13.4. The molecule has 1 aliphatic heterocycles. The molecule has 0 bridgehead atoms. The minimum Gasteiger partial charge on any atom is -0.495 e. The number of thioether (sulfide) groups is 2. The van der Waals surface area contributed by atoms with Gasteiger partial charge in [-0.1, -0.05) is 60.4 Å². The summed E-state index contributed by atoms with van der Waals surface area (Å²) in [5, 5.41) is 7.55. The molecular formula is C27H32ClN3O2S2. The number of nitrogens with zero attached hydrogens (tertiary/aromatic N) is 1. The molecule has 0 aromatic heterocycles. The van der Waals surface area contributed by atoms with Crippen LogP contribution in [0.2, 0.25) is 0 Å². The summed E-state index contributed by atoms with van der Waals surface area (Å²) in [6, 6.07) is 14.0. The standard InChI is InChI=1S/C27H32ClN3O2S2/c1-6-26(32)30-22-8-7-9-23(17-22)35-27(18(2)28)34-19(3)29-24-11-10-21(16-25(24)33-5)20-12-14-31(4)15-13-20/h6-11,16-17,20,29H,1,3,12-15H2,2,4-5H3,(H,30,32)/b27-18-. The molecule has 2 aromatic carbocycles. The Morgan fingerprint density at radius 3 is 2.60 bits per heavy atom. The first-order valence-electron chi connectivity index (χ1n) is 11.4. The van der Waals surface area contributed by atoms with Crippen LogP contribution in [0.3, 0.4) is 0 Å². The highest BCUT2D eigenvalue weighted by molar-refractivity contribution is 8.24. The number of hydrogen-bond acceptors (Lipinski definition) is 6. The number of ether oxygens (including phenoxy) is 1. The van der Waals surface area contributed by atoms with E-state index in [1.807, 2.05) is 31.2 Å². The van der Waals surface area contributed by atoms with Gasteiger partial charge in [0.1, 0.15) is 5.75 Å². The average molecular weight is 530 g/mol. The fraction of sp³-hybridized carbons (Fsp3) is 0.296. The highest BCUT2D eigenvalue weighted by Crippen LogP contribution is 2.43. The van der Waals surface area contributed by atoms with Crippen molar-refractivity contribution in [3.05, 3.63) is 81.6 Å². The van der Waals surface area contributed by atoms with Crippen molar-refractivity contribution in [1.29, 1.82) is 0 Å². The number of nitrogens with one attached hydrogen (secondary N) is 2. The molecule has 1 saturated heterocycles. The van der Waals surface area contributed by atoms with E-state index in [0.29, 0.717) is 16.6 Å². The first-order chi connectivity index (χ1) is 16.8. The van der Waals surface area contributed by atoms with Crippen molar-refractivity contribution in [2.45, 2.75) is 30.6 Å². The van der Waals surface area contributed by atoms with Crippen molar-refractivity contribution in [3.63, 3.8) is 0 Å². The van der Waals surface area contributed by atoms with Crippen molar-refractivity contribution in [2.24, 2.45) is 0 Å². The highest BCUT2D eigenvalue weighted by atomic mass is 35.5. The molecule has 0 saturated carbocycles. The molecule has 5 nitrogen and oxygen atoms in total. The molecule has 2 N–H and O–H groups in total. The van der Waals surface area contributed by atoms with Crippen LogP contribution in [0, 0.1) is 0 Å². The topological polar surface area (TPSA) is 53.6 Å². The maximum absolute atomic E-state index is 11.6. The Bertz CT molecular complexity index is 1110. The highest BCUT2D eigenvalue weighted by Gasteiger charge is 2.20. The normalized spacial score (nSPS) is 15.2. The second-order valence-corrected chi connectivity index (χ2v) is 11.3. The second-order valence-electron chi connectivity index (χ2n) is 8.33. The van der Waals surface area contributed by atoms with Gasteiger partial charge < -0.3 is 20.3 Å². The van der Waals surface area contributed by atoms with E-state index in [0.717, 1.165) is 51.5 Å². The zero-order valence-corrected chi connectivity index (χ0v) is 22.8. The summed E-state index contributed by atoms with van der Waals surface area (Å²) in [6.07, 6.45) is 3.57. The molecule has 186 valence electrons. The zero-order chi connectivity index (χ0) is 25.4. The van der Waals surface area contributed by atoms with Gasteiger partial charge in [-0.15, -0.1) is 0 Å². The molecule has 1 heterocycles. The van der Waals surface area contributed by atoms with Gasteiger partial charge in [0.15, 0.2) is 0 Å². The van der Waals surface area contributed by atoms with Crippen molar-refractivity contribution < 1.29 is 9.53 Å². The molecule has 0 unspecified atom stereocenters. The van der Waals surface area contributed by atoms with E-state index < -0.39 is 0 Å². The van der Waals surface area contributed by atoms with E-state index in [-0.39, 0.29) is 5.91 Å². The van der Waals surface area contributed by atoms with Gasteiger partial charge in [0.25, 0.3) is 0 Å². The third-order valence-corrected chi connectivity index (χ3v) is 8.42. The van der Waals surface area contributed by atoms with Crippen LogP contribution in [0.1, 0.15) is 31.2 Å². The summed E-state index contributed by atoms with van der Waals surface area (Å²) in [6.45, 7) is 11.8. The molecule has 1 amide bonds. The van der Waals surface area contributed by atoms with Gasteiger partial charge in [-0.05, 0) is 87.8 Å². The number of piperidine rings is 1. The van der Waals surface area contributed by atoms with Crippen molar-refractivity contribution in [3.8, 4) is 5.75 Å². The summed E-state index contributed by atoms with van der Waals surface area (Å²) in [7, 11) is 3.87. The quantitative estimate of drug-likeness (QED) is 0.246. The number of carbonyl (C=O) groups excluding carboxylic acids is 1. The lowest BCUT2D eigenvalue weighted by molar-refractivity contribution is -0.111. The molecule has 0 radical (unpaired) electrons. The van der Waals surface area contributed by atoms with Gasteiger partial charge in [0, 0.05) is 15.6 Å². The van der Waals surface area contributed by atoms with Crippen LogP contribution in [0.15, 0.2) is 80.9 Å². The largest absolute Gasteiger partial charge is 0.495 e. The number of anilines is 2. The number of carbonyl (C=O) groups is 1. The van der Waals surface area contributed by atoms with E-state index in [4.69, 9.17) is 16.3 Å². The van der Waals surface area contributed by atoms with E-state index in [9.17, 15) is 4.79 Å². The number of amides is 1. The third kappa shape index (κ3) is 8.10. The van der Waals surface area contributed by atoms with Crippen LogP contribution < -0.4 is 15.4 Å². The van der Waals surface area contributed by atoms with Crippen LogP contribution in [0.5, 0.6) is 5.75 Å². The van der Waals surface area contributed by atoms with Gasteiger partial charge in [-0.25, -0.2) is 0 Å². The zero-order valence-electron chi connectivity index (χ0n) is 20.4. The Kier molecular flexibility index (Phi) is 10.2. The Balaban J connectivity index is 1.67. The number of likely N-dealkylation sites (tertiary alicyclic amines) is 1. The predicted octanol–water partition coefficient (Wildman–Crippen LogP) is 7.47. The Morgan fingerprint density at radius 1 is 1.20 bits per heavy atom. The molecule has 0 spiro atoms. The summed E-state index contributed by atoms with van der Waals surface area (Å²) in [5.74, 6) is 1.11. The lowest BCUT2D eigenvalue weighted by atomic mass is 9.89. The van der Waals surface area contributed by atoms with Crippen LogP contribution in [-0.2, 0) is 4.79 Å². The molecule has 0 aliphatic carbocycles. The minimum absolute atomic E-state index is 0.251. The van der Waals surface area contributed by atoms with Crippen molar-refractivity contribution in [2.75, 3.05) is 37.9 Å². The van der Waals surface area contributed by atoms with Crippen LogP contribution in [0.25, 0.3) is 0 Å². The monoisotopic (exact) mass is 529 g/mol. The van der Waals surface area contributed by atoms with E-state index in [2.05, 4.69) is 53.9 Å². The SMILES string of the molecule is C=CC(=O)Nc1cccc(S/C(SC(=C)Nc2ccc(C3CCN(C)CC3)cc2OC)=C(/C)Cl)c1. The first kappa shape index (κ1) is 27.3. The molecule has 8 heteroatoms. The Morgan fingerprint density at radius 2 is 1.94 bits per heavy atom. The molecule has 2 aromatic rings. The van der Waals surface area contributed by atoms with Crippen LogP contribution >= 0.6 is 35.1 Å². The fourth-order valence-electron chi connectivity index (χ4n) is 3.79. The van der Waals surface area contributed by atoms with Crippen LogP contribution in [-0.4, -0.2) is 38.1 Å². The second kappa shape index (κ2) is 13.1. The summed E-state index contributed by atoms with van der Waals surface area (Å²) in [5.41, 5.74) is 2.88. The van der Waals surface area contributed by atoms with Gasteiger partial charge in [-0.3, -0.25) is 4.79 Å². The smallest absolute Gasteiger partial charge is 0.247 e. The third-order valence-electron chi connectivity index (χ3n) is 5.68. The number of hydrogen-bond donors (Lipinski definition) is 2. The average Bonchev–Trinajstić information content (AvgIpc) is 2.84. The predicted molar refractivity (Wildman–Crippen MR) is 152 cm³/mol. The molecule has 1 aliphatic rings. The maximum atomic E-state index is 11.6. The molecule has 1 fully saturated rings. The molecular weight excluding hydrogens is 498 g/mol. The Labute approximate surface area is 222 Å². The van der Waals surface area contributed by atoms with Gasteiger partial charge in [0.2, 0.25) is 5.91 Å². The van der Waals surface area contributed by atoms with E-state index in [1.54, 1.807) is 7.11 Å². The molecule has 35 heavy (non-hydrogen) atoms. The van der Waals surface area contributed by atoms with Gasteiger partial charge >= 0.3 is 0 Å². The number of allylic oxidation sites excluding steroid dienone is 1. The number of halogens is 1. The summed E-state index contributed by atoms with van der Waals surface area (Å²) in [4.78, 5) is 14.9. The van der Waals surface area contributed by atoms with Gasteiger partial charge in [0.05, 0.1) is 22.1 Å². The van der Waals surface area contributed by atoms with Crippen molar-refractivity contribution >= 4 is 52.4 Å². The summed E-state index contributed by atoms with van der Waals surface area (Å²) < 4.78 is 6.58. The Hall–Kier alpha value is -2.32. The fourth-order valence-corrected chi connectivity index (χ4v) is 5.99. The number of benzene rings is 2. The van der Waals surface area contributed by atoms with Crippen molar-refractivity contribution in [1.82, 2.24) is 4.90 Å². The summed E-state index contributed by atoms with van der Waals surface area (Å²) >= 11 is 9.39. The van der Waals surface area contributed by atoms with E-state index in [1.165, 1.54) is 35.2 Å². The lowest BCUT2D eigenvalue weighted by Gasteiger charge is -2.29. The molecule has 3 rings (SSSR count). The number of methoxy groups -OCH3 is 1. The van der Waals surface area contributed by atoms with Crippen LogP contribution in [0.4, 0.5) is 11.4 Å². The van der Waals surface area contributed by atoms with E-state index >= 15 is 0 Å². The number of rotatable bonds is 10. The van der Waals surface area contributed by atoms with Gasteiger partial charge in [-0.2, -0.15) is 0 Å². The lowest BCUT2D eigenvalue weighted by Crippen LogP contribution is -2.29. The minimum atomic E-state index is -0.251. The maximum Gasteiger partial charge on any atom is 0.247 e. The molecule has 0 atom stereocenters.